The van der Waals surface area contributed by atoms with Crippen LogP contribution in [-0.4, -0.2) is 6.04 Å². The molecule has 0 atom stereocenters. The molecule has 0 bridgehead atoms. The van der Waals surface area contributed by atoms with Crippen LogP contribution in [0.15, 0.2) is 42.5 Å². The summed E-state index contributed by atoms with van der Waals surface area (Å²) in [5.41, 5.74) is 1.18. The first-order valence-electron chi connectivity index (χ1n) is 6.50. The van der Waals surface area contributed by atoms with Crippen LogP contribution in [0.4, 0.5) is 0 Å². The molecule has 0 fully saturated rings. The SMILES string of the molecule is CC(C)NCc1cccc(Oc2ccc(Cl)c(Cl)c2)c1. The molecule has 0 amide bonds. The van der Waals surface area contributed by atoms with Crippen LogP contribution in [0.1, 0.15) is 19.4 Å². The summed E-state index contributed by atoms with van der Waals surface area (Å²) in [7, 11) is 0. The van der Waals surface area contributed by atoms with E-state index in [0.29, 0.717) is 21.8 Å². The zero-order valence-corrected chi connectivity index (χ0v) is 13.0. The van der Waals surface area contributed by atoms with E-state index in [1.165, 1.54) is 5.56 Å². The van der Waals surface area contributed by atoms with Gasteiger partial charge in [0.1, 0.15) is 11.5 Å². The third-order valence-electron chi connectivity index (χ3n) is 2.74. The van der Waals surface area contributed by atoms with Crippen LogP contribution in [0.25, 0.3) is 0 Å². The van der Waals surface area contributed by atoms with Crippen LogP contribution in [0.5, 0.6) is 11.5 Å². The van der Waals surface area contributed by atoms with Crippen LogP contribution < -0.4 is 10.1 Å². The zero-order chi connectivity index (χ0) is 14.5. The third kappa shape index (κ3) is 4.41. The van der Waals surface area contributed by atoms with Crippen molar-refractivity contribution < 1.29 is 4.74 Å². The topological polar surface area (TPSA) is 21.3 Å². The van der Waals surface area contributed by atoms with E-state index in [1.807, 2.05) is 18.2 Å². The Hall–Kier alpha value is -1.22. The van der Waals surface area contributed by atoms with Gasteiger partial charge in [-0.1, -0.05) is 49.2 Å². The number of hydrogen-bond donors (Lipinski definition) is 1. The summed E-state index contributed by atoms with van der Waals surface area (Å²) >= 11 is 11.9. The molecule has 0 unspecified atom stereocenters. The van der Waals surface area contributed by atoms with E-state index in [9.17, 15) is 0 Å². The largest absolute Gasteiger partial charge is 0.457 e. The molecular weight excluding hydrogens is 293 g/mol. The molecule has 20 heavy (non-hydrogen) atoms. The summed E-state index contributed by atoms with van der Waals surface area (Å²) in [6, 6.07) is 13.7. The highest BCUT2D eigenvalue weighted by Crippen LogP contribution is 2.29. The van der Waals surface area contributed by atoms with E-state index >= 15 is 0 Å². The predicted octanol–water partition coefficient (Wildman–Crippen LogP) is 5.28. The molecule has 0 saturated carbocycles. The van der Waals surface area contributed by atoms with Gasteiger partial charge in [-0.2, -0.15) is 0 Å². The van der Waals surface area contributed by atoms with Crippen molar-refractivity contribution in [2.75, 3.05) is 0 Å². The molecule has 2 aromatic rings. The van der Waals surface area contributed by atoms with Gasteiger partial charge >= 0.3 is 0 Å². The van der Waals surface area contributed by atoms with E-state index < -0.39 is 0 Å². The lowest BCUT2D eigenvalue weighted by atomic mass is 10.2. The van der Waals surface area contributed by atoms with Gasteiger partial charge in [-0.05, 0) is 29.8 Å². The number of rotatable bonds is 5. The molecule has 2 aromatic carbocycles. The van der Waals surface area contributed by atoms with Crippen LogP contribution in [0.3, 0.4) is 0 Å². The van der Waals surface area contributed by atoms with Gasteiger partial charge in [0, 0.05) is 18.7 Å². The highest BCUT2D eigenvalue weighted by molar-refractivity contribution is 6.42. The summed E-state index contributed by atoms with van der Waals surface area (Å²) in [4.78, 5) is 0. The second-order valence-corrected chi connectivity index (χ2v) is 5.68. The highest BCUT2D eigenvalue weighted by atomic mass is 35.5. The zero-order valence-electron chi connectivity index (χ0n) is 11.5. The van der Waals surface area contributed by atoms with Gasteiger partial charge in [-0.15, -0.1) is 0 Å². The molecular formula is C16H17Cl2NO. The van der Waals surface area contributed by atoms with E-state index in [2.05, 4.69) is 25.2 Å². The van der Waals surface area contributed by atoms with Crippen molar-refractivity contribution >= 4 is 23.2 Å². The molecule has 0 spiro atoms. The van der Waals surface area contributed by atoms with Gasteiger partial charge in [0.2, 0.25) is 0 Å². The fourth-order valence-electron chi connectivity index (χ4n) is 1.72. The molecule has 0 heterocycles. The van der Waals surface area contributed by atoms with E-state index in [1.54, 1.807) is 18.2 Å². The lowest BCUT2D eigenvalue weighted by Gasteiger charge is -2.10. The smallest absolute Gasteiger partial charge is 0.129 e. The maximum absolute atomic E-state index is 5.97. The first-order chi connectivity index (χ1) is 9.54. The first-order valence-corrected chi connectivity index (χ1v) is 7.25. The fraction of sp³-hybridized carbons (Fsp3) is 0.250. The minimum Gasteiger partial charge on any atom is -0.457 e. The number of nitrogens with one attached hydrogen (secondary N) is 1. The van der Waals surface area contributed by atoms with Crippen molar-refractivity contribution in [2.45, 2.75) is 26.4 Å². The van der Waals surface area contributed by atoms with Crippen LogP contribution in [0.2, 0.25) is 10.0 Å². The molecule has 0 saturated heterocycles. The Morgan fingerprint density at radius 1 is 1.00 bits per heavy atom. The molecule has 106 valence electrons. The maximum Gasteiger partial charge on any atom is 0.129 e. The second-order valence-electron chi connectivity index (χ2n) is 4.86. The first kappa shape index (κ1) is 15.2. The van der Waals surface area contributed by atoms with Crippen molar-refractivity contribution in [3.63, 3.8) is 0 Å². The Labute approximate surface area is 129 Å². The molecule has 0 aliphatic heterocycles. The Bertz CT molecular complexity index is 584. The molecule has 2 nitrogen and oxygen atoms in total. The highest BCUT2D eigenvalue weighted by Gasteiger charge is 2.03. The van der Waals surface area contributed by atoms with Gasteiger partial charge < -0.3 is 10.1 Å². The van der Waals surface area contributed by atoms with Crippen LogP contribution >= 0.6 is 23.2 Å². The van der Waals surface area contributed by atoms with Gasteiger partial charge in [-0.25, -0.2) is 0 Å². The Balaban J connectivity index is 2.08. The van der Waals surface area contributed by atoms with E-state index in [-0.39, 0.29) is 0 Å². The number of benzene rings is 2. The second kappa shape index (κ2) is 6.98. The molecule has 0 aliphatic rings. The van der Waals surface area contributed by atoms with Crippen molar-refractivity contribution in [3.05, 3.63) is 58.1 Å². The molecule has 0 aliphatic carbocycles. The molecule has 0 aromatic heterocycles. The van der Waals surface area contributed by atoms with Gasteiger partial charge in [0.05, 0.1) is 10.0 Å². The Morgan fingerprint density at radius 2 is 1.75 bits per heavy atom. The van der Waals surface area contributed by atoms with Crippen molar-refractivity contribution in [1.29, 1.82) is 0 Å². The average Bonchev–Trinajstić information content (AvgIpc) is 2.41. The summed E-state index contributed by atoms with van der Waals surface area (Å²) in [5, 5.41) is 4.39. The average molecular weight is 310 g/mol. The fourth-order valence-corrected chi connectivity index (χ4v) is 2.01. The monoisotopic (exact) mass is 309 g/mol. The van der Waals surface area contributed by atoms with E-state index in [0.717, 1.165) is 12.3 Å². The Kier molecular flexibility index (Phi) is 5.30. The molecule has 2 rings (SSSR count). The van der Waals surface area contributed by atoms with Crippen LogP contribution in [0, 0.1) is 0 Å². The van der Waals surface area contributed by atoms with E-state index in [4.69, 9.17) is 27.9 Å². The van der Waals surface area contributed by atoms with Crippen molar-refractivity contribution in [3.8, 4) is 11.5 Å². The minimum absolute atomic E-state index is 0.453. The summed E-state index contributed by atoms with van der Waals surface area (Å²) in [5.74, 6) is 1.46. The maximum atomic E-state index is 5.97. The number of hydrogen-bond acceptors (Lipinski definition) is 2. The molecule has 1 N–H and O–H groups in total. The van der Waals surface area contributed by atoms with Gasteiger partial charge in [0.15, 0.2) is 0 Å². The minimum atomic E-state index is 0.453. The molecule has 0 radical (unpaired) electrons. The number of halogens is 2. The van der Waals surface area contributed by atoms with Gasteiger partial charge in [0.25, 0.3) is 0 Å². The Morgan fingerprint density at radius 3 is 2.45 bits per heavy atom. The quantitative estimate of drug-likeness (QED) is 0.811. The predicted molar refractivity (Wildman–Crippen MR) is 85.0 cm³/mol. The lowest BCUT2D eigenvalue weighted by molar-refractivity contribution is 0.481. The summed E-state index contributed by atoms with van der Waals surface area (Å²) in [6.45, 7) is 5.06. The standard InChI is InChI=1S/C16H17Cl2NO/c1-11(2)19-10-12-4-3-5-13(8-12)20-14-6-7-15(17)16(18)9-14/h3-9,11,19H,10H2,1-2H3. The lowest BCUT2D eigenvalue weighted by Crippen LogP contribution is -2.21. The van der Waals surface area contributed by atoms with Crippen LogP contribution in [-0.2, 0) is 6.54 Å². The van der Waals surface area contributed by atoms with Gasteiger partial charge in [-0.3, -0.25) is 0 Å². The summed E-state index contributed by atoms with van der Waals surface area (Å²) < 4.78 is 5.79. The third-order valence-corrected chi connectivity index (χ3v) is 3.48. The summed E-state index contributed by atoms with van der Waals surface area (Å²) in [6.07, 6.45) is 0. The molecule has 4 heteroatoms. The number of ether oxygens (including phenoxy) is 1. The van der Waals surface area contributed by atoms with Crippen molar-refractivity contribution in [2.24, 2.45) is 0 Å². The normalized spacial score (nSPS) is 10.8. The van der Waals surface area contributed by atoms with Crippen molar-refractivity contribution in [1.82, 2.24) is 5.32 Å².